The molecule has 1 aliphatic carbocycles. The third-order valence-electron chi connectivity index (χ3n) is 4.87. The molecule has 1 saturated heterocycles. The third-order valence-corrected chi connectivity index (χ3v) is 6.20. The summed E-state index contributed by atoms with van der Waals surface area (Å²) in [6, 6.07) is 6.54. The first-order valence-corrected chi connectivity index (χ1v) is 9.49. The SMILES string of the molecule is Cc1ccc(S(=O)(=O)OCCC2CC3(CCCC3)C(=O)O2)cc1. The molecule has 1 aromatic rings. The van der Waals surface area contributed by atoms with Crippen molar-refractivity contribution in [1.82, 2.24) is 0 Å². The molecule has 2 fully saturated rings. The lowest BCUT2D eigenvalue weighted by atomic mass is 9.83. The van der Waals surface area contributed by atoms with Crippen LogP contribution in [0.25, 0.3) is 0 Å². The van der Waals surface area contributed by atoms with E-state index in [4.69, 9.17) is 8.92 Å². The Morgan fingerprint density at radius 3 is 2.52 bits per heavy atom. The average Bonchev–Trinajstić information content (AvgIpc) is 3.08. The van der Waals surface area contributed by atoms with Crippen LogP contribution in [0, 0.1) is 12.3 Å². The second-order valence-electron chi connectivity index (χ2n) is 6.60. The van der Waals surface area contributed by atoms with E-state index in [-0.39, 0.29) is 29.0 Å². The molecule has 0 amide bonds. The summed E-state index contributed by atoms with van der Waals surface area (Å²) < 4.78 is 34.7. The molecule has 126 valence electrons. The zero-order chi connectivity index (χ0) is 16.5. The number of ether oxygens (including phenoxy) is 1. The van der Waals surface area contributed by atoms with Crippen molar-refractivity contribution in [2.75, 3.05) is 6.61 Å². The van der Waals surface area contributed by atoms with Crippen molar-refractivity contribution in [2.45, 2.75) is 56.4 Å². The van der Waals surface area contributed by atoms with Crippen molar-refractivity contribution in [1.29, 1.82) is 0 Å². The van der Waals surface area contributed by atoms with Crippen LogP contribution in [-0.2, 0) is 23.8 Å². The van der Waals surface area contributed by atoms with Gasteiger partial charge in [0.25, 0.3) is 10.1 Å². The topological polar surface area (TPSA) is 69.7 Å². The van der Waals surface area contributed by atoms with Gasteiger partial charge in [0.1, 0.15) is 6.10 Å². The Balaban J connectivity index is 1.53. The molecule has 1 unspecified atom stereocenters. The predicted molar refractivity (Wildman–Crippen MR) is 84.3 cm³/mol. The summed E-state index contributed by atoms with van der Waals surface area (Å²) in [4.78, 5) is 12.2. The summed E-state index contributed by atoms with van der Waals surface area (Å²) >= 11 is 0. The zero-order valence-corrected chi connectivity index (χ0v) is 14.1. The van der Waals surface area contributed by atoms with Gasteiger partial charge in [0, 0.05) is 12.8 Å². The van der Waals surface area contributed by atoms with Crippen LogP contribution >= 0.6 is 0 Å². The Morgan fingerprint density at radius 2 is 1.87 bits per heavy atom. The van der Waals surface area contributed by atoms with Crippen molar-refractivity contribution in [3.05, 3.63) is 29.8 Å². The standard InChI is InChI=1S/C17H22O5S/c1-13-4-6-15(7-5-13)23(19,20)21-11-8-14-12-17(16(18)22-14)9-2-3-10-17/h4-7,14H,2-3,8-12H2,1H3. The lowest BCUT2D eigenvalue weighted by Gasteiger charge is -2.16. The maximum Gasteiger partial charge on any atom is 0.312 e. The van der Waals surface area contributed by atoms with E-state index in [1.807, 2.05) is 6.92 Å². The Morgan fingerprint density at radius 1 is 1.22 bits per heavy atom. The van der Waals surface area contributed by atoms with Crippen LogP contribution in [0.5, 0.6) is 0 Å². The van der Waals surface area contributed by atoms with Gasteiger partial charge in [0.2, 0.25) is 0 Å². The highest BCUT2D eigenvalue weighted by Gasteiger charge is 2.50. The number of esters is 1. The maximum atomic E-state index is 12.1. The molecule has 1 heterocycles. The predicted octanol–water partition coefficient (Wildman–Crippen LogP) is 2.97. The minimum atomic E-state index is -3.75. The van der Waals surface area contributed by atoms with E-state index in [2.05, 4.69) is 0 Å². The molecule has 0 aromatic heterocycles. The van der Waals surface area contributed by atoms with Gasteiger partial charge < -0.3 is 4.74 Å². The van der Waals surface area contributed by atoms with E-state index in [9.17, 15) is 13.2 Å². The van der Waals surface area contributed by atoms with E-state index in [0.29, 0.717) is 12.8 Å². The van der Waals surface area contributed by atoms with Crippen LogP contribution in [0.4, 0.5) is 0 Å². The first kappa shape index (κ1) is 16.5. The number of hydrogen-bond donors (Lipinski definition) is 0. The zero-order valence-electron chi connectivity index (χ0n) is 13.3. The second kappa shape index (κ2) is 6.24. The molecule has 6 heteroatoms. The van der Waals surface area contributed by atoms with Crippen molar-refractivity contribution >= 4 is 16.1 Å². The van der Waals surface area contributed by atoms with Gasteiger partial charge in [-0.05, 0) is 31.9 Å². The highest BCUT2D eigenvalue weighted by molar-refractivity contribution is 7.86. The van der Waals surface area contributed by atoms with Gasteiger partial charge in [-0.15, -0.1) is 0 Å². The molecule has 5 nitrogen and oxygen atoms in total. The van der Waals surface area contributed by atoms with E-state index in [1.165, 1.54) is 12.1 Å². The van der Waals surface area contributed by atoms with Crippen molar-refractivity contribution in [3.8, 4) is 0 Å². The molecule has 3 rings (SSSR count). The summed E-state index contributed by atoms with van der Waals surface area (Å²) in [5.74, 6) is -0.110. The highest BCUT2D eigenvalue weighted by Crippen LogP contribution is 2.48. The summed E-state index contributed by atoms with van der Waals surface area (Å²) in [5, 5.41) is 0. The highest BCUT2D eigenvalue weighted by atomic mass is 32.2. The van der Waals surface area contributed by atoms with Gasteiger partial charge in [-0.25, -0.2) is 0 Å². The Hall–Kier alpha value is -1.40. The molecule has 1 aliphatic heterocycles. The first-order chi connectivity index (χ1) is 10.9. The normalized spacial score (nSPS) is 23.3. The quantitative estimate of drug-likeness (QED) is 0.610. The first-order valence-electron chi connectivity index (χ1n) is 8.09. The lowest BCUT2D eigenvalue weighted by molar-refractivity contribution is -0.148. The van der Waals surface area contributed by atoms with Crippen LogP contribution in [0.15, 0.2) is 29.2 Å². The van der Waals surface area contributed by atoms with Gasteiger partial charge in [-0.1, -0.05) is 30.5 Å². The Labute approximate surface area is 137 Å². The molecule has 0 N–H and O–H groups in total. The molecular weight excluding hydrogens is 316 g/mol. The second-order valence-corrected chi connectivity index (χ2v) is 8.21. The average molecular weight is 338 g/mol. The molecule has 2 aliphatic rings. The molecule has 1 aromatic carbocycles. The number of cyclic esters (lactones) is 1. The minimum Gasteiger partial charge on any atom is -0.462 e. The summed E-state index contributed by atoms with van der Waals surface area (Å²) in [5.41, 5.74) is 0.684. The number of hydrogen-bond acceptors (Lipinski definition) is 5. The van der Waals surface area contributed by atoms with E-state index >= 15 is 0 Å². The maximum absolute atomic E-state index is 12.1. The Bertz CT molecular complexity index is 671. The van der Waals surface area contributed by atoms with Gasteiger partial charge in [-0.3, -0.25) is 8.98 Å². The molecule has 1 atom stereocenters. The molecule has 1 spiro atoms. The van der Waals surface area contributed by atoms with E-state index in [0.717, 1.165) is 31.2 Å². The van der Waals surface area contributed by atoms with Crippen molar-refractivity contribution in [2.24, 2.45) is 5.41 Å². The fourth-order valence-electron chi connectivity index (χ4n) is 3.52. The molecule has 23 heavy (non-hydrogen) atoms. The third kappa shape index (κ3) is 3.43. The smallest absolute Gasteiger partial charge is 0.312 e. The monoisotopic (exact) mass is 338 g/mol. The van der Waals surface area contributed by atoms with Gasteiger partial charge in [0.15, 0.2) is 0 Å². The van der Waals surface area contributed by atoms with Crippen LogP contribution in [0.3, 0.4) is 0 Å². The lowest BCUT2D eigenvalue weighted by Crippen LogP contribution is -2.21. The van der Waals surface area contributed by atoms with Crippen LogP contribution in [-0.4, -0.2) is 27.1 Å². The fraction of sp³-hybridized carbons (Fsp3) is 0.588. The van der Waals surface area contributed by atoms with E-state index < -0.39 is 10.1 Å². The van der Waals surface area contributed by atoms with Crippen molar-refractivity contribution < 1.29 is 22.1 Å². The molecular formula is C17H22O5S. The fourth-order valence-corrected chi connectivity index (χ4v) is 4.44. The summed E-state index contributed by atoms with van der Waals surface area (Å²) in [6.45, 7) is 1.93. The molecule has 0 radical (unpaired) electrons. The summed E-state index contributed by atoms with van der Waals surface area (Å²) in [6.07, 6.45) is 4.81. The largest absolute Gasteiger partial charge is 0.462 e. The van der Waals surface area contributed by atoms with Gasteiger partial charge >= 0.3 is 5.97 Å². The number of carbonyl (C=O) groups excluding carboxylic acids is 1. The summed E-state index contributed by atoms with van der Waals surface area (Å²) in [7, 11) is -3.75. The van der Waals surface area contributed by atoms with Crippen LogP contribution in [0.2, 0.25) is 0 Å². The number of carbonyl (C=O) groups is 1. The van der Waals surface area contributed by atoms with Crippen LogP contribution < -0.4 is 0 Å². The molecule has 0 bridgehead atoms. The Kier molecular flexibility index (Phi) is 4.47. The van der Waals surface area contributed by atoms with Gasteiger partial charge in [-0.2, -0.15) is 8.42 Å². The number of aryl methyl sites for hydroxylation is 1. The van der Waals surface area contributed by atoms with Crippen LogP contribution in [0.1, 0.15) is 44.1 Å². The molecule has 1 saturated carbocycles. The minimum absolute atomic E-state index is 0.0320. The van der Waals surface area contributed by atoms with Gasteiger partial charge in [0.05, 0.1) is 16.9 Å². The number of benzene rings is 1. The van der Waals surface area contributed by atoms with E-state index in [1.54, 1.807) is 12.1 Å². The van der Waals surface area contributed by atoms with Crippen molar-refractivity contribution in [3.63, 3.8) is 0 Å². The number of rotatable bonds is 5.